The molecule has 0 atom stereocenters. The number of likely N-dealkylation sites (N-methyl/N-ethyl adjacent to an activating group) is 1. The highest BCUT2D eigenvalue weighted by Gasteiger charge is 2.14. The number of piperazine rings is 1. The molecule has 0 spiro atoms. The molecule has 1 aliphatic rings. The molecule has 7 nitrogen and oxygen atoms in total. The highest BCUT2D eigenvalue weighted by molar-refractivity contribution is 5.65. The molecular weight excluding hydrogens is 388 g/mol. The van der Waals surface area contributed by atoms with Gasteiger partial charge in [0.25, 0.3) is 0 Å². The van der Waals surface area contributed by atoms with Gasteiger partial charge in [0.2, 0.25) is 0 Å². The van der Waals surface area contributed by atoms with Gasteiger partial charge in [-0.25, -0.2) is 9.50 Å². The van der Waals surface area contributed by atoms with Crippen LogP contribution in [0, 0.1) is 0 Å². The summed E-state index contributed by atoms with van der Waals surface area (Å²) in [5, 5.41) is 17.9. The van der Waals surface area contributed by atoms with Crippen LogP contribution in [0.2, 0.25) is 0 Å². The zero-order valence-corrected chi connectivity index (χ0v) is 17.6. The number of anilines is 2. The lowest BCUT2D eigenvalue weighted by atomic mass is 10.1. The Bertz CT molecular complexity index is 1180. The van der Waals surface area contributed by atoms with E-state index in [0.29, 0.717) is 6.54 Å². The maximum atomic E-state index is 9.80. The van der Waals surface area contributed by atoms with Gasteiger partial charge in [0.1, 0.15) is 11.6 Å². The molecule has 2 aromatic carbocycles. The summed E-state index contributed by atoms with van der Waals surface area (Å²) < 4.78 is 1.80. The van der Waals surface area contributed by atoms with E-state index in [9.17, 15) is 5.11 Å². The zero-order chi connectivity index (χ0) is 21.2. The van der Waals surface area contributed by atoms with E-state index in [1.807, 2.05) is 24.3 Å². The molecule has 4 aromatic rings. The third kappa shape index (κ3) is 4.18. The van der Waals surface area contributed by atoms with E-state index in [0.717, 1.165) is 48.9 Å². The number of nitrogens with zero attached hydrogens (tertiary/aromatic N) is 5. The second-order valence-corrected chi connectivity index (χ2v) is 7.99. The van der Waals surface area contributed by atoms with Gasteiger partial charge in [-0.1, -0.05) is 24.3 Å². The predicted octanol–water partition coefficient (Wildman–Crippen LogP) is 3.47. The molecule has 0 saturated carbocycles. The van der Waals surface area contributed by atoms with Crippen LogP contribution in [0.25, 0.3) is 16.9 Å². The van der Waals surface area contributed by atoms with Crippen molar-refractivity contribution < 1.29 is 5.11 Å². The molecule has 0 unspecified atom stereocenters. The van der Waals surface area contributed by atoms with Gasteiger partial charge in [0.15, 0.2) is 5.65 Å². The maximum Gasteiger partial charge on any atom is 0.154 e. The lowest BCUT2D eigenvalue weighted by Gasteiger charge is -2.34. The first-order chi connectivity index (χ1) is 15.2. The van der Waals surface area contributed by atoms with Crippen molar-refractivity contribution in [3.63, 3.8) is 0 Å². The number of nitrogens with one attached hydrogen (secondary N) is 1. The second kappa shape index (κ2) is 8.28. The first kappa shape index (κ1) is 19.4. The van der Waals surface area contributed by atoms with Crippen LogP contribution in [0.15, 0.2) is 66.9 Å². The Morgan fingerprint density at radius 1 is 0.968 bits per heavy atom. The number of fused-ring (bicyclic) bond motifs is 1. The topological polar surface area (TPSA) is 68.9 Å². The average molecular weight is 415 g/mol. The third-order valence-corrected chi connectivity index (χ3v) is 5.78. The molecule has 1 fully saturated rings. The minimum absolute atomic E-state index is 0.224. The fraction of sp³-hybridized carbons (Fsp3) is 0.250. The first-order valence-corrected chi connectivity index (χ1v) is 10.6. The standard InChI is InChI=1S/C24H26N6O/c1-28-11-13-29(14-12-28)20-7-5-18(6-8-20)16-25-23-9-10-24-26-17-22(30(24)27-23)19-3-2-4-21(31)15-19/h2-10,15,17,31H,11-14,16H2,1H3,(H,25,27). The van der Waals surface area contributed by atoms with Gasteiger partial charge in [-0.05, 0) is 49.0 Å². The van der Waals surface area contributed by atoms with Crippen LogP contribution < -0.4 is 10.2 Å². The van der Waals surface area contributed by atoms with Gasteiger partial charge in [0, 0.05) is 44.0 Å². The van der Waals surface area contributed by atoms with Gasteiger partial charge in [-0.15, -0.1) is 5.10 Å². The van der Waals surface area contributed by atoms with Crippen LogP contribution in [0.5, 0.6) is 5.75 Å². The molecule has 31 heavy (non-hydrogen) atoms. The molecule has 1 aliphatic heterocycles. The fourth-order valence-electron chi connectivity index (χ4n) is 3.91. The minimum Gasteiger partial charge on any atom is -0.508 e. The van der Waals surface area contributed by atoms with Crippen LogP contribution >= 0.6 is 0 Å². The Hall–Kier alpha value is -3.58. The number of aromatic nitrogens is 3. The van der Waals surface area contributed by atoms with Crippen molar-refractivity contribution in [1.29, 1.82) is 0 Å². The van der Waals surface area contributed by atoms with Gasteiger partial charge < -0.3 is 20.2 Å². The van der Waals surface area contributed by atoms with Crippen molar-refractivity contribution >= 4 is 17.2 Å². The molecule has 0 bridgehead atoms. The second-order valence-electron chi connectivity index (χ2n) is 7.99. The van der Waals surface area contributed by atoms with Crippen molar-refractivity contribution in [2.24, 2.45) is 0 Å². The summed E-state index contributed by atoms with van der Waals surface area (Å²) >= 11 is 0. The monoisotopic (exact) mass is 414 g/mol. The van der Waals surface area contributed by atoms with Gasteiger partial charge in [-0.3, -0.25) is 0 Å². The van der Waals surface area contributed by atoms with Crippen LogP contribution in [-0.2, 0) is 6.54 Å². The predicted molar refractivity (Wildman–Crippen MR) is 124 cm³/mol. The number of hydrogen-bond acceptors (Lipinski definition) is 6. The fourth-order valence-corrected chi connectivity index (χ4v) is 3.91. The van der Waals surface area contributed by atoms with Gasteiger partial charge >= 0.3 is 0 Å². The maximum absolute atomic E-state index is 9.80. The van der Waals surface area contributed by atoms with E-state index in [-0.39, 0.29) is 5.75 Å². The normalized spacial score (nSPS) is 14.8. The molecule has 2 N–H and O–H groups in total. The molecular formula is C24H26N6O. The van der Waals surface area contributed by atoms with E-state index in [1.165, 1.54) is 11.3 Å². The summed E-state index contributed by atoms with van der Waals surface area (Å²) in [7, 11) is 2.17. The summed E-state index contributed by atoms with van der Waals surface area (Å²) in [5.41, 5.74) is 4.97. The van der Waals surface area contributed by atoms with Crippen LogP contribution in [-0.4, -0.2) is 57.8 Å². The summed E-state index contributed by atoms with van der Waals surface area (Å²) in [6, 6.07) is 19.8. The quantitative estimate of drug-likeness (QED) is 0.521. The Morgan fingerprint density at radius 2 is 1.77 bits per heavy atom. The molecule has 0 amide bonds. The number of phenols is 1. The van der Waals surface area contributed by atoms with Crippen molar-refractivity contribution in [1.82, 2.24) is 19.5 Å². The highest BCUT2D eigenvalue weighted by atomic mass is 16.3. The molecule has 158 valence electrons. The van der Waals surface area contributed by atoms with E-state index in [2.05, 4.69) is 51.4 Å². The highest BCUT2D eigenvalue weighted by Crippen LogP contribution is 2.24. The zero-order valence-electron chi connectivity index (χ0n) is 17.6. The van der Waals surface area contributed by atoms with Crippen molar-refractivity contribution in [3.8, 4) is 17.0 Å². The smallest absolute Gasteiger partial charge is 0.154 e. The van der Waals surface area contributed by atoms with Gasteiger partial charge in [0.05, 0.1) is 11.9 Å². The van der Waals surface area contributed by atoms with Crippen LogP contribution in [0.1, 0.15) is 5.56 Å². The lowest BCUT2D eigenvalue weighted by Crippen LogP contribution is -2.44. The number of benzene rings is 2. The number of rotatable bonds is 5. The number of aromatic hydroxyl groups is 1. The molecule has 5 rings (SSSR count). The van der Waals surface area contributed by atoms with Crippen molar-refractivity contribution in [3.05, 3.63) is 72.4 Å². The molecule has 0 radical (unpaired) electrons. The van der Waals surface area contributed by atoms with E-state index in [4.69, 9.17) is 5.10 Å². The molecule has 7 heteroatoms. The van der Waals surface area contributed by atoms with Gasteiger partial charge in [-0.2, -0.15) is 0 Å². The van der Waals surface area contributed by atoms with E-state index in [1.54, 1.807) is 22.8 Å². The summed E-state index contributed by atoms with van der Waals surface area (Å²) in [5.74, 6) is 0.997. The largest absolute Gasteiger partial charge is 0.508 e. The SMILES string of the molecule is CN1CCN(c2ccc(CNc3ccc4ncc(-c5cccc(O)c5)n4n3)cc2)CC1. The Labute approximate surface area is 181 Å². The Balaban J connectivity index is 1.29. The first-order valence-electron chi connectivity index (χ1n) is 10.6. The minimum atomic E-state index is 0.224. The summed E-state index contributed by atoms with van der Waals surface area (Å²) in [4.78, 5) is 9.23. The number of imidazole rings is 1. The molecule has 2 aromatic heterocycles. The third-order valence-electron chi connectivity index (χ3n) is 5.78. The van der Waals surface area contributed by atoms with Crippen LogP contribution in [0.3, 0.4) is 0 Å². The Morgan fingerprint density at radius 3 is 2.55 bits per heavy atom. The summed E-state index contributed by atoms with van der Waals surface area (Å²) in [6.07, 6.45) is 1.78. The van der Waals surface area contributed by atoms with E-state index < -0.39 is 0 Å². The molecule has 0 aliphatic carbocycles. The lowest BCUT2D eigenvalue weighted by molar-refractivity contribution is 0.313. The van der Waals surface area contributed by atoms with Crippen LogP contribution in [0.4, 0.5) is 11.5 Å². The molecule has 3 heterocycles. The van der Waals surface area contributed by atoms with Crippen molar-refractivity contribution in [2.75, 3.05) is 43.4 Å². The number of phenolic OH excluding ortho intramolecular Hbond substituents is 1. The number of hydrogen-bond donors (Lipinski definition) is 2. The average Bonchev–Trinajstić information content (AvgIpc) is 3.22. The molecule has 1 saturated heterocycles. The Kier molecular flexibility index (Phi) is 5.18. The summed E-state index contributed by atoms with van der Waals surface area (Å²) in [6.45, 7) is 5.05. The van der Waals surface area contributed by atoms with Crippen molar-refractivity contribution in [2.45, 2.75) is 6.54 Å². The van der Waals surface area contributed by atoms with E-state index >= 15 is 0 Å².